The highest BCUT2D eigenvalue weighted by Crippen LogP contribution is 2.43. The van der Waals surface area contributed by atoms with Gasteiger partial charge in [0.2, 0.25) is 0 Å². The Hall–Kier alpha value is -0.590. The molecule has 1 aromatic carbocycles. The van der Waals surface area contributed by atoms with E-state index < -0.39 is 11.7 Å². The molecule has 22 heavy (non-hydrogen) atoms. The van der Waals surface area contributed by atoms with Crippen LogP contribution in [-0.2, 0) is 6.18 Å². The molecule has 0 bridgehead atoms. The third kappa shape index (κ3) is 4.46. The Bertz CT molecular complexity index is 490. The first-order valence-corrected chi connectivity index (χ1v) is 8.08. The molecule has 0 spiro atoms. The summed E-state index contributed by atoms with van der Waals surface area (Å²) in [7, 11) is 1.43. The average molecular weight is 356 g/mol. The van der Waals surface area contributed by atoms with Crippen LogP contribution in [0.4, 0.5) is 13.2 Å². The van der Waals surface area contributed by atoms with Crippen LogP contribution < -0.4 is 10.1 Å². The molecule has 2 rings (SSSR count). The number of ether oxygens (including phenoxy) is 1. The molecule has 0 aromatic heterocycles. The van der Waals surface area contributed by atoms with Gasteiger partial charge in [-0.2, -0.15) is 13.2 Å². The Balaban J connectivity index is 0.00000242. The lowest BCUT2D eigenvalue weighted by Crippen LogP contribution is -2.28. The van der Waals surface area contributed by atoms with Crippen molar-refractivity contribution in [2.24, 2.45) is 0 Å². The van der Waals surface area contributed by atoms with Crippen molar-refractivity contribution in [3.05, 3.63) is 23.3 Å². The lowest BCUT2D eigenvalue weighted by molar-refractivity contribution is -0.139. The molecule has 0 amide bonds. The second kappa shape index (κ2) is 8.31. The van der Waals surface area contributed by atoms with Crippen LogP contribution in [-0.4, -0.2) is 26.0 Å². The van der Waals surface area contributed by atoms with E-state index in [-0.39, 0.29) is 18.3 Å². The molecular weight excluding hydrogens is 335 g/mol. The summed E-state index contributed by atoms with van der Waals surface area (Å²) in [6, 6.07) is 2.83. The minimum Gasteiger partial charge on any atom is -0.496 e. The van der Waals surface area contributed by atoms with Gasteiger partial charge in [0.15, 0.2) is 0 Å². The van der Waals surface area contributed by atoms with E-state index in [1.807, 2.05) is 6.92 Å². The molecule has 0 radical (unpaired) electrons. The van der Waals surface area contributed by atoms with E-state index in [1.54, 1.807) is 6.07 Å². The van der Waals surface area contributed by atoms with Gasteiger partial charge in [-0.25, -0.2) is 0 Å². The topological polar surface area (TPSA) is 21.3 Å². The van der Waals surface area contributed by atoms with Crippen molar-refractivity contribution < 1.29 is 17.9 Å². The lowest BCUT2D eigenvalue weighted by Gasteiger charge is -2.26. The molecule has 1 N–H and O–H groups in total. The molecule has 1 heterocycles. The number of piperidine rings is 1. The van der Waals surface area contributed by atoms with E-state index >= 15 is 0 Å². The largest absolute Gasteiger partial charge is 0.496 e. The second-order valence-electron chi connectivity index (χ2n) is 5.06. The summed E-state index contributed by atoms with van der Waals surface area (Å²) >= 11 is 1.23. The van der Waals surface area contributed by atoms with Gasteiger partial charge in [-0.15, -0.1) is 24.2 Å². The first-order valence-electron chi connectivity index (χ1n) is 7.10. The maximum Gasteiger partial charge on any atom is 0.417 e. The van der Waals surface area contributed by atoms with Crippen LogP contribution in [0.1, 0.15) is 36.8 Å². The number of nitrogens with one attached hydrogen (secondary N) is 1. The summed E-state index contributed by atoms with van der Waals surface area (Å²) in [5.41, 5.74) is 0.285. The van der Waals surface area contributed by atoms with E-state index in [0.29, 0.717) is 16.4 Å². The zero-order valence-corrected chi connectivity index (χ0v) is 14.3. The average Bonchev–Trinajstić information content (AvgIpc) is 2.47. The summed E-state index contributed by atoms with van der Waals surface area (Å²) in [5, 5.41) is 3.30. The molecular formula is C15H21ClF3NOS. The molecule has 1 aliphatic heterocycles. The van der Waals surface area contributed by atoms with Crippen molar-refractivity contribution >= 4 is 24.2 Å². The van der Waals surface area contributed by atoms with Crippen LogP contribution in [0.3, 0.4) is 0 Å². The smallest absolute Gasteiger partial charge is 0.417 e. The standard InChI is InChI=1S/C15H20F3NOS.ClH/c1-3-21-14-7-11(10-5-4-6-19-9-10)13(20-2)8-12(14)15(16,17)18;/h7-8,10,19H,3-6,9H2,1-2H3;1H/t10-;/m1./s1. The summed E-state index contributed by atoms with van der Waals surface area (Å²) < 4.78 is 44.8. The van der Waals surface area contributed by atoms with E-state index in [2.05, 4.69) is 5.32 Å². The molecule has 7 heteroatoms. The van der Waals surface area contributed by atoms with Crippen LogP contribution in [0.25, 0.3) is 0 Å². The Labute approximate surface area is 139 Å². The summed E-state index contributed by atoms with van der Waals surface area (Å²) in [4.78, 5) is 0.298. The van der Waals surface area contributed by atoms with Gasteiger partial charge in [-0.05, 0) is 42.8 Å². The SMILES string of the molecule is CCSc1cc([C@@H]2CCCNC2)c(OC)cc1C(F)(F)F.Cl. The zero-order chi connectivity index (χ0) is 15.5. The normalized spacial score (nSPS) is 18.7. The highest BCUT2D eigenvalue weighted by atomic mass is 35.5. The van der Waals surface area contributed by atoms with Gasteiger partial charge in [0.05, 0.1) is 12.7 Å². The third-order valence-electron chi connectivity index (χ3n) is 3.67. The number of benzene rings is 1. The van der Waals surface area contributed by atoms with Crippen molar-refractivity contribution in [2.45, 2.75) is 36.8 Å². The zero-order valence-electron chi connectivity index (χ0n) is 12.6. The molecule has 1 aromatic rings. The summed E-state index contributed by atoms with van der Waals surface area (Å²) in [5.74, 6) is 1.17. The molecule has 0 unspecified atom stereocenters. The molecule has 0 saturated carbocycles. The van der Waals surface area contributed by atoms with Gasteiger partial charge in [-0.1, -0.05) is 6.92 Å². The molecule has 1 saturated heterocycles. The van der Waals surface area contributed by atoms with Crippen LogP contribution in [0, 0.1) is 0 Å². The molecule has 1 atom stereocenters. The monoisotopic (exact) mass is 355 g/mol. The van der Waals surface area contributed by atoms with Crippen LogP contribution in [0.5, 0.6) is 5.75 Å². The van der Waals surface area contributed by atoms with Crippen molar-refractivity contribution in [1.82, 2.24) is 5.32 Å². The molecule has 2 nitrogen and oxygen atoms in total. The van der Waals surface area contributed by atoms with Gasteiger partial charge < -0.3 is 10.1 Å². The molecule has 1 fully saturated rings. The lowest BCUT2D eigenvalue weighted by atomic mass is 9.90. The number of alkyl halides is 3. The van der Waals surface area contributed by atoms with E-state index in [4.69, 9.17) is 4.74 Å². The predicted octanol–water partition coefficient (Wildman–Crippen LogP) is 4.71. The van der Waals surface area contributed by atoms with E-state index in [9.17, 15) is 13.2 Å². The fourth-order valence-corrected chi connectivity index (χ4v) is 3.54. The van der Waals surface area contributed by atoms with Gasteiger partial charge in [-0.3, -0.25) is 0 Å². The van der Waals surface area contributed by atoms with Gasteiger partial charge in [0.25, 0.3) is 0 Å². The Morgan fingerprint density at radius 3 is 2.59 bits per heavy atom. The van der Waals surface area contributed by atoms with E-state index in [0.717, 1.165) is 37.6 Å². The minimum atomic E-state index is -4.35. The number of hydrogen-bond acceptors (Lipinski definition) is 3. The Morgan fingerprint density at radius 2 is 2.09 bits per heavy atom. The number of hydrogen-bond donors (Lipinski definition) is 1. The highest BCUT2D eigenvalue weighted by Gasteiger charge is 2.35. The van der Waals surface area contributed by atoms with Gasteiger partial charge >= 0.3 is 6.18 Å². The first-order chi connectivity index (χ1) is 9.97. The first kappa shape index (κ1) is 19.5. The van der Waals surface area contributed by atoms with Crippen molar-refractivity contribution in [3.63, 3.8) is 0 Å². The Morgan fingerprint density at radius 1 is 1.36 bits per heavy atom. The maximum absolute atomic E-state index is 13.2. The third-order valence-corrected chi connectivity index (χ3v) is 4.61. The van der Waals surface area contributed by atoms with Crippen molar-refractivity contribution in [1.29, 1.82) is 0 Å². The number of thioether (sulfide) groups is 1. The minimum absolute atomic E-state index is 0. The van der Waals surface area contributed by atoms with Gasteiger partial charge in [0, 0.05) is 17.4 Å². The van der Waals surface area contributed by atoms with Crippen LogP contribution in [0.15, 0.2) is 17.0 Å². The number of methoxy groups -OCH3 is 1. The quantitative estimate of drug-likeness (QED) is 0.790. The van der Waals surface area contributed by atoms with Crippen molar-refractivity contribution in [2.75, 3.05) is 26.0 Å². The van der Waals surface area contributed by atoms with Gasteiger partial charge in [0.1, 0.15) is 5.75 Å². The van der Waals surface area contributed by atoms with Crippen molar-refractivity contribution in [3.8, 4) is 5.75 Å². The molecule has 1 aliphatic rings. The number of halogens is 4. The predicted molar refractivity (Wildman–Crippen MR) is 86.5 cm³/mol. The summed E-state index contributed by atoms with van der Waals surface area (Å²) in [6.07, 6.45) is -2.34. The molecule has 0 aliphatic carbocycles. The molecule has 126 valence electrons. The second-order valence-corrected chi connectivity index (χ2v) is 6.37. The summed E-state index contributed by atoms with van der Waals surface area (Å²) in [6.45, 7) is 3.62. The maximum atomic E-state index is 13.2. The fraction of sp³-hybridized carbons (Fsp3) is 0.600. The van der Waals surface area contributed by atoms with Crippen LogP contribution in [0.2, 0.25) is 0 Å². The van der Waals surface area contributed by atoms with E-state index in [1.165, 1.54) is 18.9 Å². The fourth-order valence-electron chi connectivity index (χ4n) is 2.69. The van der Waals surface area contributed by atoms with Crippen LogP contribution >= 0.6 is 24.2 Å². The highest BCUT2D eigenvalue weighted by molar-refractivity contribution is 7.99. The number of rotatable bonds is 4. The Kier molecular flexibility index (Phi) is 7.35.